The van der Waals surface area contributed by atoms with Crippen LogP contribution >= 0.6 is 0 Å². The molecular formula is C17H27O2Te+. The molecule has 0 radical (unpaired) electrons. The summed E-state index contributed by atoms with van der Waals surface area (Å²) in [6, 6.07) is 8.02. The monoisotopic (exact) mass is 393 g/mol. The van der Waals surface area contributed by atoms with Crippen LogP contribution in [0.3, 0.4) is 0 Å². The van der Waals surface area contributed by atoms with Gasteiger partial charge >= 0.3 is 130 Å². The molecule has 0 aliphatic carbocycles. The molecule has 0 atom stereocenters. The van der Waals surface area contributed by atoms with E-state index >= 15 is 0 Å². The number of hydrogen-bond donors (Lipinski definition) is 0. The van der Waals surface area contributed by atoms with Gasteiger partial charge in [-0.2, -0.15) is 0 Å². The molecule has 0 aliphatic rings. The molecule has 0 spiro atoms. The zero-order valence-electron chi connectivity index (χ0n) is 13.0. The van der Waals surface area contributed by atoms with Crippen molar-refractivity contribution in [1.29, 1.82) is 0 Å². The molecule has 3 heteroatoms. The molecule has 1 rings (SSSR count). The minimum atomic E-state index is -0.981. The van der Waals surface area contributed by atoms with Crippen molar-refractivity contribution in [1.82, 2.24) is 0 Å². The van der Waals surface area contributed by atoms with Crippen LogP contribution in [0.4, 0.5) is 0 Å². The minimum absolute atomic E-state index is 0.245. The molecule has 1 aromatic rings. The third-order valence-electron chi connectivity index (χ3n) is 3.32. The van der Waals surface area contributed by atoms with Crippen molar-refractivity contribution in [2.75, 3.05) is 7.11 Å². The van der Waals surface area contributed by atoms with Crippen molar-refractivity contribution in [3.63, 3.8) is 0 Å². The molecule has 20 heavy (non-hydrogen) atoms. The van der Waals surface area contributed by atoms with E-state index in [-0.39, 0.29) is 5.97 Å². The molecule has 0 saturated carbocycles. The summed E-state index contributed by atoms with van der Waals surface area (Å²) < 4.78 is 9.00. The molecule has 0 N–H and O–H groups in total. The summed E-state index contributed by atoms with van der Waals surface area (Å²) in [5.41, 5.74) is 2.06. The number of hydrogen-bond acceptors (Lipinski definition) is 2. The molecule has 0 unspecified atom stereocenters. The van der Waals surface area contributed by atoms with Gasteiger partial charge in [-0.05, 0) is 0 Å². The van der Waals surface area contributed by atoms with E-state index in [4.69, 9.17) is 4.74 Å². The Balaban J connectivity index is 2.60. The van der Waals surface area contributed by atoms with Gasteiger partial charge in [-0.3, -0.25) is 0 Å². The standard InChI is InChI=1S/C17H27O2Te/c1-4-6-12-20(13-7-5-2)14-15-8-10-16(11-9-15)17(18)19-3/h8-11H,4-7,12-14H2,1-3H3/q+1. The van der Waals surface area contributed by atoms with Gasteiger partial charge in [0.2, 0.25) is 0 Å². The van der Waals surface area contributed by atoms with Crippen molar-refractivity contribution < 1.29 is 9.53 Å². The first kappa shape index (κ1) is 17.5. The molecule has 0 bridgehead atoms. The van der Waals surface area contributed by atoms with Crippen molar-refractivity contribution in [3.05, 3.63) is 35.4 Å². The van der Waals surface area contributed by atoms with Gasteiger partial charge in [0.05, 0.1) is 0 Å². The van der Waals surface area contributed by atoms with Gasteiger partial charge in [0, 0.05) is 0 Å². The maximum absolute atomic E-state index is 11.4. The zero-order chi connectivity index (χ0) is 14.8. The van der Waals surface area contributed by atoms with Gasteiger partial charge < -0.3 is 0 Å². The molecule has 0 amide bonds. The maximum atomic E-state index is 11.4. The summed E-state index contributed by atoms with van der Waals surface area (Å²) >= 11 is -0.981. The van der Waals surface area contributed by atoms with Crippen LogP contribution < -0.4 is 0 Å². The summed E-state index contributed by atoms with van der Waals surface area (Å²) in [5, 5.41) is 0. The van der Waals surface area contributed by atoms with Crippen LogP contribution in [0, 0.1) is 0 Å². The molecule has 0 fully saturated rings. The molecule has 0 aliphatic heterocycles. The Kier molecular flexibility index (Phi) is 8.98. The average molecular weight is 391 g/mol. The number of esters is 1. The Labute approximate surface area is 130 Å². The van der Waals surface area contributed by atoms with E-state index in [9.17, 15) is 4.79 Å². The summed E-state index contributed by atoms with van der Waals surface area (Å²) in [7, 11) is 1.43. The normalized spacial score (nSPS) is 10.8. The van der Waals surface area contributed by atoms with E-state index in [0.717, 1.165) is 0 Å². The van der Waals surface area contributed by atoms with E-state index in [1.54, 1.807) is 0 Å². The first-order valence-electron chi connectivity index (χ1n) is 7.52. The van der Waals surface area contributed by atoms with Crippen LogP contribution in [0.1, 0.15) is 55.5 Å². The summed E-state index contributed by atoms with van der Waals surface area (Å²) in [6.45, 7) is 4.56. The second kappa shape index (κ2) is 10.2. The zero-order valence-corrected chi connectivity index (χ0v) is 15.3. The molecular weight excluding hydrogens is 364 g/mol. The number of benzene rings is 1. The van der Waals surface area contributed by atoms with Crippen molar-refractivity contribution in [2.24, 2.45) is 0 Å². The van der Waals surface area contributed by atoms with Crippen LogP contribution in [0.25, 0.3) is 0 Å². The topological polar surface area (TPSA) is 26.3 Å². The predicted molar refractivity (Wildman–Crippen MR) is 86.7 cm³/mol. The predicted octanol–water partition coefficient (Wildman–Crippen LogP) is 4.65. The van der Waals surface area contributed by atoms with Gasteiger partial charge in [-0.1, -0.05) is 0 Å². The number of methoxy groups -OCH3 is 1. The third-order valence-corrected chi connectivity index (χ3v) is 10.4. The Morgan fingerprint density at radius 3 is 2.05 bits per heavy atom. The van der Waals surface area contributed by atoms with E-state index in [2.05, 4.69) is 26.0 Å². The first-order chi connectivity index (χ1) is 9.71. The fraction of sp³-hybridized carbons (Fsp3) is 0.588. The molecule has 112 valence electrons. The van der Waals surface area contributed by atoms with Crippen LogP contribution in [0.15, 0.2) is 24.3 Å². The average Bonchev–Trinajstić information content (AvgIpc) is 2.49. The Bertz CT molecular complexity index is 378. The van der Waals surface area contributed by atoms with Crippen LogP contribution in [-0.2, 0) is 9.21 Å². The van der Waals surface area contributed by atoms with Crippen molar-refractivity contribution in [2.45, 2.75) is 52.9 Å². The first-order valence-corrected chi connectivity index (χ1v) is 12.5. The summed E-state index contributed by atoms with van der Waals surface area (Å²) in [4.78, 5) is 11.4. The fourth-order valence-electron chi connectivity index (χ4n) is 2.03. The quantitative estimate of drug-likeness (QED) is 0.453. The second-order valence-corrected chi connectivity index (χ2v) is 11.7. The van der Waals surface area contributed by atoms with Crippen LogP contribution in [-0.4, -0.2) is 32.6 Å². The van der Waals surface area contributed by atoms with E-state index in [0.29, 0.717) is 5.56 Å². The van der Waals surface area contributed by atoms with Gasteiger partial charge in [-0.25, -0.2) is 0 Å². The SMILES string of the molecule is CCCC[Te+](CCCC)Cc1ccc(C(=O)OC)cc1. The number of carbonyl (C=O) groups excluding carboxylic acids is 1. The third kappa shape index (κ3) is 6.29. The summed E-state index contributed by atoms with van der Waals surface area (Å²) in [6.07, 6.45) is 5.40. The Hall–Kier alpha value is -0.520. The number of ether oxygens (including phenoxy) is 1. The number of carbonyl (C=O) groups is 1. The van der Waals surface area contributed by atoms with Gasteiger partial charge in [-0.15, -0.1) is 0 Å². The molecule has 0 saturated heterocycles. The Morgan fingerprint density at radius 1 is 1.05 bits per heavy atom. The van der Waals surface area contributed by atoms with Gasteiger partial charge in [0.1, 0.15) is 0 Å². The van der Waals surface area contributed by atoms with Crippen molar-refractivity contribution in [3.8, 4) is 0 Å². The number of unbranched alkanes of at least 4 members (excludes halogenated alkanes) is 2. The summed E-state index contributed by atoms with van der Waals surface area (Å²) in [5.74, 6) is -0.245. The van der Waals surface area contributed by atoms with Crippen LogP contribution in [0.5, 0.6) is 0 Å². The fourth-order valence-corrected chi connectivity index (χ4v) is 9.31. The molecule has 0 heterocycles. The van der Waals surface area contributed by atoms with E-state index < -0.39 is 19.6 Å². The second-order valence-electron chi connectivity index (χ2n) is 5.06. The molecule has 0 aromatic heterocycles. The number of rotatable bonds is 9. The Morgan fingerprint density at radius 2 is 1.60 bits per heavy atom. The van der Waals surface area contributed by atoms with Crippen molar-refractivity contribution >= 4 is 25.5 Å². The molecule has 2 nitrogen and oxygen atoms in total. The molecule has 1 aromatic carbocycles. The van der Waals surface area contributed by atoms with Gasteiger partial charge in [0.25, 0.3) is 0 Å². The van der Waals surface area contributed by atoms with Crippen LogP contribution in [0.2, 0.25) is 8.94 Å². The van der Waals surface area contributed by atoms with E-state index in [1.165, 1.54) is 51.8 Å². The van der Waals surface area contributed by atoms with Gasteiger partial charge in [0.15, 0.2) is 0 Å². The van der Waals surface area contributed by atoms with E-state index in [1.807, 2.05) is 12.1 Å².